The molecule has 0 atom stereocenters. The second-order valence-electron chi connectivity index (χ2n) is 4.06. The zero-order chi connectivity index (χ0) is 12.8. The molecule has 0 unspecified atom stereocenters. The fraction of sp³-hybridized carbons (Fsp3) is 0.286. The Morgan fingerprint density at radius 1 is 1.33 bits per heavy atom. The molecule has 0 radical (unpaired) electrons. The van der Waals surface area contributed by atoms with Gasteiger partial charge in [0.2, 0.25) is 5.78 Å². The van der Waals surface area contributed by atoms with Crippen molar-refractivity contribution in [3.63, 3.8) is 0 Å². The SMILES string of the molecule is CCN(CC(=O)c1ccco1)Cc1ccncc1. The van der Waals surface area contributed by atoms with E-state index in [1.807, 2.05) is 19.1 Å². The Morgan fingerprint density at radius 2 is 2.11 bits per heavy atom. The Kier molecular flexibility index (Phi) is 4.25. The van der Waals surface area contributed by atoms with E-state index in [-0.39, 0.29) is 5.78 Å². The third-order valence-corrected chi connectivity index (χ3v) is 2.77. The predicted molar refractivity (Wildman–Crippen MR) is 68.2 cm³/mol. The number of pyridine rings is 1. The Bertz CT molecular complexity index is 480. The minimum absolute atomic E-state index is 0.0101. The first-order chi connectivity index (χ1) is 8.79. The molecule has 0 aliphatic rings. The normalized spacial score (nSPS) is 10.8. The summed E-state index contributed by atoms with van der Waals surface area (Å²) >= 11 is 0. The Labute approximate surface area is 106 Å². The van der Waals surface area contributed by atoms with Crippen LogP contribution in [0.5, 0.6) is 0 Å². The van der Waals surface area contributed by atoms with Crippen LogP contribution in [-0.4, -0.2) is 28.8 Å². The maximum Gasteiger partial charge on any atom is 0.211 e. The summed E-state index contributed by atoms with van der Waals surface area (Å²) in [6.45, 7) is 3.96. The van der Waals surface area contributed by atoms with Crippen LogP contribution in [0.25, 0.3) is 0 Å². The fourth-order valence-electron chi connectivity index (χ4n) is 1.74. The molecule has 0 aliphatic carbocycles. The standard InChI is InChI=1S/C14H16N2O2/c1-2-16(10-12-5-7-15-8-6-12)11-13(17)14-4-3-9-18-14/h3-9H,2,10-11H2,1H3. The Balaban J connectivity index is 1.96. The topological polar surface area (TPSA) is 46.3 Å². The molecule has 2 aromatic heterocycles. The highest BCUT2D eigenvalue weighted by atomic mass is 16.3. The van der Waals surface area contributed by atoms with Crippen LogP contribution in [0.3, 0.4) is 0 Å². The van der Waals surface area contributed by atoms with Gasteiger partial charge in [-0.25, -0.2) is 0 Å². The lowest BCUT2D eigenvalue weighted by Crippen LogP contribution is -2.29. The van der Waals surface area contributed by atoms with Crippen LogP contribution in [0.2, 0.25) is 0 Å². The minimum atomic E-state index is 0.0101. The molecular weight excluding hydrogens is 228 g/mol. The van der Waals surface area contributed by atoms with E-state index in [2.05, 4.69) is 9.88 Å². The molecule has 2 aromatic rings. The average Bonchev–Trinajstić information content (AvgIpc) is 2.93. The Morgan fingerprint density at radius 3 is 2.72 bits per heavy atom. The van der Waals surface area contributed by atoms with E-state index in [4.69, 9.17) is 4.42 Å². The number of likely N-dealkylation sites (N-methyl/N-ethyl adjacent to an activating group) is 1. The van der Waals surface area contributed by atoms with Crippen molar-refractivity contribution in [1.82, 2.24) is 9.88 Å². The second-order valence-corrected chi connectivity index (χ2v) is 4.06. The first-order valence-corrected chi connectivity index (χ1v) is 5.97. The molecule has 0 spiro atoms. The number of hydrogen-bond donors (Lipinski definition) is 0. The van der Waals surface area contributed by atoms with E-state index in [1.54, 1.807) is 24.5 Å². The molecule has 0 aliphatic heterocycles. The number of carbonyl (C=O) groups excluding carboxylic acids is 1. The molecule has 2 heterocycles. The molecule has 94 valence electrons. The quantitative estimate of drug-likeness (QED) is 0.732. The third-order valence-electron chi connectivity index (χ3n) is 2.77. The van der Waals surface area contributed by atoms with Gasteiger partial charge in [0.1, 0.15) is 0 Å². The summed E-state index contributed by atoms with van der Waals surface area (Å²) in [6.07, 6.45) is 5.04. The van der Waals surface area contributed by atoms with Gasteiger partial charge in [-0.3, -0.25) is 14.7 Å². The monoisotopic (exact) mass is 244 g/mol. The number of rotatable bonds is 6. The highest BCUT2D eigenvalue weighted by Crippen LogP contribution is 2.06. The van der Waals surface area contributed by atoms with Crippen molar-refractivity contribution >= 4 is 5.78 Å². The van der Waals surface area contributed by atoms with Crippen molar-refractivity contribution in [3.05, 3.63) is 54.2 Å². The molecular formula is C14H16N2O2. The van der Waals surface area contributed by atoms with Crippen LogP contribution in [0.4, 0.5) is 0 Å². The summed E-state index contributed by atoms with van der Waals surface area (Å²) in [5.41, 5.74) is 1.15. The number of furan rings is 1. The van der Waals surface area contributed by atoms with Crippen LogP contribution in [0.15, 0.2) is 47.3 Å². The third kappa shape index (κ3) is 3.28. The van der Waals surface area contributed by atoms with E-state index in [0.29, 0.717) is 12.3 Å². The van der Waals surface area contributed by atoms with Gasteiger partial charge in [-0.2, -0.15) is 0 Å². The van der Waals surface area contributed by atoms with Crippen molar-refractivity contribution in [2.75, 3.05) is 13.1 Å². The van der Waals surface area contributed by atoms with Gasteiger partial charge in [-0.1, -0.05) is 6.92 Å². The van der Waals surface area contributed by atoms with Crippen molar-refractivity contribution in [1.29, 1.82) is 0 Å². The molecule has 18 heavy (non-hydrogen) atoms. The molecule has 0 bridgehead atoms. The largest absolute Gasteiger partial charge is 0.461 e. The maximum absolute atomic E-state index is 11.9. The molecule has 2 rings (SSSR count). The predicted octanol–water partition coefficient (Wildman–Crippen LogP) is 2.38. The smallest absolute Gasteiger partial charge is 0.211 e. The number of aromatic nitrogens is 1. The van der Waals surface area contributed by atoms with Gasteiger partial charge in [-0.15, -0.1) is 0 Å². The maximum atomic E-state index is 11.9. The lowest BCUT2D eigenvalue weighted by atomic mass is 10.2. The lowest BCUT2D eigenvalue weighted by Gasteiger charge is -2.18. The van der Waals surface area contributed by atoms with E-state index < -0.39 is 0 Å². The van der Waals surface area contributed by atoms with Crippen molar-refractivity contribution in [2.45, 2.75) is 13.5 Å². The van der Waals surface area contributed by atoms with Crippen molar-refractivity contribution < 1.29 is 9.21 Å². The van der Waals surface area contributed by atoms with Gasteiger partial charge in [-0.05, 0) is 36.4 Å². The molecule has 4 nitrogen and oxygen atoms in total. The summed E-state index contributed by atoms with van der Waals surface area (Å²) in [5, 5.41) is 0. The highest BCUT2D eigenvalue weighted by molar-refractivity contribution is 5.94. The van der Waals surface area contributed by atoms with E-state index in [9.17, 15) is 4.79 Å². The minimum Gasteiger partial charge on any atom is -0.461 e. The molecule has 0 saturated carbocycles. The van der Waals surface area contributed by atoms with Crippen LogP contribution in [-0.2, 0) is 6.54 Å². The van der Waals surface area contributed by atoms with E-state index in [1.165, 1.54) is 6.26 Å². The van der Waals surface area contributed by atoms with Crippen LogP contribution in [0, 0.1) is 0 Å². The van der Waals surface area contributed by atoms with Crippen LogP contribution >= 0.6 is 0 Å². The number of Topliss-reactive ketones (excluding diaryl/α,β-unsaturated/α-hetero) is 1. The number of carbonyl (C=O) groups is 1. The van der Waals surface area contributed by atoms with Gasteiger partial charge in [0.05, 0.1) is 12.8 Å². The first kappa shape index (κ1) is 12.5. The average molecular weight is 244 g/mol. The molecule has 4 heteroatoms. The zero-order valence-corrected chi connectivity index (χ0v) is 10.4. The van der Waals surface area contributed by atoms with Crippen LogP contribution in [0.1, 0.15) is 23.0 Å². The molecule has 0 amide bonds. The zero-order valence-electron chi connectivity index (χ0n) is 10.4. The number of ketones is 1. The van der Waals surface area contributed by atoms with Gasteiger partial charge in [0, 0.05) is 18.9 Å². The Hall–Kier alpha value is -1.94. The van der Waals surface area contributed by atoms with Gasteiger partial charge >= 0.3 is 0 Å². The van der Waals surface area contributed by atoms with Gasteiger partial charge < -0.3 is 4.42 Å². The molecule has 0 fully saturated rings. The summed E-state index contributed by atoms with van der Waals surface area (Å²) in [6, 6.07) is 7.34. The van der Waals surface area contributed by atoms with E-state index in [0.717, 1.165) is 18.7 Å². The second kappa shape index (κ2) is 6.12. The van der Waals surface area contributed by atoms with Crippen molar-refractivity contribution in [2.24, 2.45) is 0 Å². The first-order valence-electron chi connectivity index (χ1n) is 5.97. The number of nitrogens with zero attached hydrogens (tertiary/aromatic N) is 2. The molecule has 0 saturated heterocycles. The molecule has 0 aromatic carbocycles. The number of hydrogen-bond acceptors (Lipinski definition) is 4. The van der Waals surface area contributed by atoms with Crippen molar-refractivity contribution in [3.8, 4) is 0 Å². The summed E-state index contributed by atoms with van der Waals surface area (Å²) in [5.74, 6) is 0.430. The molecule has 0 N–H and O–H groups in total. The summed E-state index contributed by atoms with van der Waals surface area (Å²) in [4.78, 5) is 18.0. The van der Waals surface area contributed by atoms with E-state index >= 15 is 0 Å². The summed E-state index contributed by atoms with van der Waals surface area (Å²) in [7, 11) is 0. The van der Waals surface area contributed by atoms with Gasteiger partial charge in [0.15, 0.2) is 5.76 Å². The fourth-order valence-corrected chi connectivity index (χ4v) is 1.74. The summed E-state index contributed by atoms with van der Waals surface area (Å²) < 4.78 is 5.10. The van der Waals surface area contributed by atoms with Gasteiger partial charge in [0.25, 0.3) is 0 Å². The van der Waals surface area contributed by atoms with Crippen LogP contribution < -0.4 is 0 Å². The highest BCUT2D eigenvalue weighted by Gasteiger charge is 2.13. The lowest BCUT2D eigenvalue weighted by molar-refractivity contribution is 0.0902.